The fourth-order valence-corrected chi connectivity index (χ4v) is 3.94. The Balaban J connectivity index is 0.000000448. The Labute approximate surface area is 239 Å². The van der Waals surface area contributed by atoms with Crippen LogP contribution in [0.15, 0.2) is 84.0 Å². The summed E-state index contributed by atoms with van der Waals surface area (Å²) in [5.41, 5.74) is 8.30. The number of esters is 1. The topological polar surface area (TPSA) is 83.6 Å². The van der Waals surface area contributed by atoms with E-state index in [9.17, 15) is 9.59 Å². The van der Waals surface area contributed by atoms with E-state index in [0.717, 1.165) is 39.9 Å². The summed E-state index contributed by atoms with van der Waals surface area (Å²) in [5.74, 6) is -0.200. The fourth-order valence-electron chi connectivity index (χ4n) is 3.94. The summed E-state index contributed by atoms with van der Waals surface area (Å²) in [4.78, 5) is 29.4. The third kappa shape index (κ3) is 11.5. The lowest BCUT2D eigenvalue weighted by atomic mass is 9.95. The number of hydrogen-bond acceptors (Lipinski definition) is 4. The van der Waals surface area contributed by atoms with Crippen LogP contribution in [-0.4, -0.2) is 37.7 Å². The summed E-state index contributed by atoms with van der Waals surface area (Å²) < 4.78 is 4.70. The van der Waals surface area contributed by atoms with Crippen LogP contribution >= 0.6 is 0 Å². The number of carbonyl (C=O) groups excluding carboxylic acids is 2. The van der Waals surface area contributed by atoms with Gasteiger partial charge in [0.1, 0.15) is 6.29 Å². The molecule has 0 aliphatic heterocycles. The molecule has 2 N–H and O–H groups in total. The first-order valence-electron chi connectivity index (χ1n) is 13.5. The van der Waals surface area contributed by atoms with Gasteiger partial charge in [0.05, 0.1) is 13.4 Å². The molecule has 0 aliphatic carbocycles. The maximum atomic E-state index is 11.3. The Hall–Kier alpha value is -4.45. The van der Waals surface area contributed by atoms with Crippen molar-refractivity contribution in [2.75, 3.05) is 19.5 Å². The van der Waals surface area contributed by atoms with Crippen LogP contribution in [0.5, 0.6) is 0 Å². The van der Waals surface area contributed by atoms with Crippen molar-refractivity contribution in [2.24, 2.45) is 4.99 Å². The van der Waals surface area contributed by atoms with Gasteiger partial charge in [0, 0.05) is 42.2 Å². The predicted molar refractivity (Wildman–Crippen MR) is 170 cm³/mol. The zero-order chi connectivity index (χ0) is 29.8. The number of methoxy groups -OCH3 is 1. The van der Waals surface area contributed by atoms with Gasteiger partial charge in [0.2, 0.25) is 0 Å². The Bertz CT molecular complexity index is 1300. The molecule has 1 aromatic heterocycles. The molecule has 0 aliphatic rings. The summed E-state index contributed by atoms with van der Waals surface area (Å²) in [6.45, 7) is 10.1. The molecule has 0 fully saturated rings. The Morgan fingerprint density at radius 1 is 1.00 bits per heavy atom. The van der Waals surface area contributed by atoms with Crippen molar-refractivity contribution in [2.45, 2.75) is 47.5 Å². The van der Waals surface area contributed by atoms with E-state index in [2.05, 4.69) is 53.4 Å². The highest BCUT2D eigenvalue weighted by molar-refractivity contribution is 5.81. The van der Waals surface area contributed by atoms with E-state index in [1.807, 2.05) is 63.2 Å². The number of ether oxygens (including phenoxy) is 1. The zero-order valence-electron chi connectivity index (χ0n) is 24.8. The number of nitrogens with zero attached hydrogens (tertiary/aromatic N) is 1. The molecule has 2 aromatic carbocycles. The first-order chi connectivity index (χ1) is 19.4. The van der Waals surface area contributed by atoms with Gasteiger partial charge < -0.3 is 15.0 Å². The lowest BCUT2D eigenvalue weighted by Crippen LogP contribution is -2.02. The van der Waals surface area contributed by atoms with Crippen molar-refractivity contribution in [1.82, 2.24) is 4.98 Å². The molecule has 0 radical (unpaired) electrons. The number of para-hydroxylation sites is 1. The van der Waals surface area contributed by atoms with Gasteiger partial charge in [-0.05, 0) is 67.6 Å². The van der Waals surface area contributed by atoms with E-state index in [1.54, 1.807) is 31.7 Å². The lowest BCUT2D eigenvalue weighted by Gasteiger charge is -2.12. The quantitative estimate of drug-likeness (QED) is 0.130. The highest BCUT2D eigenvalue weighted by atomic mass is 16.5. The molecule has 212 valence electrons. The molecule has 0 amide bonds. The highest BCUT2D eigenvalue weighted by Crippen LogP contribution is 2.27. The minimum atomic E-state index is -0.200. The molecule has 0 unspecified atom stereocenters. The van der Waals surface area contributed by atoms with Gasteiger partial charge in [-0.2, -0.15) is 0 Å². The molecule has 1 heterocycles. The van der Waals surface area contributed by atoms with E-state index >= 15 is 0 Å². The highest BCUT2D eigenvalue weighted by Gasteiger charge is 2.09. The van der Waals surface area contributed by atoms with Crippen molar-refractivity contribution in [1.29, 1.82) is 0 Å². The standard InChI is InChI=1S/C21H23NO3.C11H14N2.C2H6/c1-15-12-18(8-9-20(24)25-3)13-16(2)21(15)19-7-5-4-6-17(14-23)10-11-22-19;1-3-6-10-7-4-5-8-11(10)13-9-12-2;1-2/h4-7,10-14,22H,8-9H2,1-3H3;3-9H,1-2H3,(H,12,13);1-2H3/b;6-3-;. The Morgan fingerprint density at radius 2 is 1.65 bits per heavy atom. The number of aryl methyl sites for hydroxylation is 3. The van der Waals surface area contributed by atoms with Gasteiger partial charge in [-0.25, -0.2) is 0 Å². The molecular weight excluding hydrogens is 498 g/mol. The second-order valence-corrected chi connectivity index (χ2v) is 8.53. The Kier molecular flexibility index (Phi) is 16.4. The number of rotatable bonds is 8. The molecule has 0 bridgehead atoms. The number of H-pyrrole nitrogens is 1. The molecule has 3 aromatic rings. The van der Waals surface area contributed by atoms with Crippen molar-refractivity contribution >= 4 is 30.4 Å². The SMILES string of the molecule is C/C=C\c1ccccc1NC=NC.CC.COC(=O)CCc1cc(C)c(-c2ccccc(C=O)cc[nH]2)c(C)c1. The molecule has 6 nitrogen and oxygen atoms in total. The average Bonchev–Trinajstić information content (AvgIpc) is 3.09. The van der Waals surface area contributed by atoms with Crippen molar-refractivity contribution in [3.05, 3.63) is 107 Å². The normalized spacial score (nSPS) is 10.1. The van der Waals surface area contributed by atoms with Crippen molar-refractivity contribution in [3.8, 4) is 11.3 Å². The third-order valence-electron chi connectivity index (χ3n) is 5.68. The van der Waals surface area contributed by atoms with Crippen LogP contribution in [0.1, 0.15) is 59.8 Å². The second kappa shape index (κ2) is 19.6. The first-order valence-corrected chi connectivity index (χ1v) is 13.5. The summed E-state index contributed by atoms with van der Waals surface area (Å²) in [5, 5.41) is 3.10. The molecule has 0 saturated carbocycles. The number of aromatic nitrogens is 1. The molecular formula is C34H43N3O3. The number of aliphatic imine (C=N–C) groups is 1. The van der Waals surface area contributed by atoms with Crippen molar-refractivity contribution < 1.29 is 14.3 Å². The van der Waals surface area contributed by atoms with E-state index in [1.165, 1.54) is 12.7 Å². The summed E-state index contributed by atoms with van der Waals surface area (Å²) in [7, 11) is 3.15. The van der Waals surface area contributed by atoms with Gasteiger partial charge in [0.15, 0.2) is 0 Å². The molecule has 3 rings (SSSR count). The number of allylic oxidation sites excluding steroid dienone is 1. The molecule has 0 spiro atoms. The number of aromatic amines is 1. The summed E-state index contributed by atoms with van der Waals surface area (Å²) in [6, 6.07) is 21.5. The van der Waals surface area contributed by atoms with Crippen LogP contribution in [0.3, 0.4) is 0 Å². The smallest absolute Gasteiger partial charge is 0.305 e. The molecule has 40 heavy (non-hydrogen) atoms. The van der Waals surface area contributed by atoms with E-state index in [-0.39, 0.29) is 5.97 Å². The number of anilines is 1. The average molecular weight is 542 g/mol. The first kappa shape index (κ1) is 33.6. The number of benzene rings is 2. The van der Waals surface area contributed by atoms with Crippen molar-refractivity contribution in [3.63, 3.8) is 0 Å². The largest absolute Gasteiger partial charge is 0.469 e. The lowest BCUT2D eigenvalue weighted by molar-refractivity contribution is -0.140. The number of aldehydes is 1. The van der Waals surface area contributed by atoms with Gasteiger partial charge in [-0.1, -0.05) is 74.5 Å². The monoisotopic (exact) mass is 541 g/mol. The number of carbonyl (C=O) groups is 2. The minimum Gasteiger partial charge on any atom is -0.469 e. The third-order valence-corrected chi connectivity index (χ3v) is 5.68. The predicted octanol–water partition coefficient (Wildman–Crippen LogP) is 8.16. The van der Waals surface area contributed by atoms with Crippen LogP contribution in [0.25, 0.3) is 17.3 Å². The van der Waals surface area contributed by atoms with Gasteiger partial charge in [-0.15, -0.1) is 0 Å². The van der Waals surface area contributed by atoms with Crippen LogP contribution in [0.2, 0.25) is 0 Å². The molecule has 6 heteroatoms. The number of hydrogen-bond donors (Lipinski definition) is 2. The van der Waals surface area contributed by atoms with E-state index in [4.69, 9.17) is 4.74 Å². The van der Waals surface area contributed by atoms with Gasteiger partial charge in [-0.3, -0.25) is 14.6 Å². The Morgan fingerprint density at radius 3 is 2.27 bits per heavy atom. The molecule has 0 saturated heterocycles. The van der Waals surface area contributed by atoms with Crippen LogP contribution in [0, 0.1) is 13.8 Å². The minimum absolute atomic E-state index is 0.200. The van der Waals surface area contributed by atoms with E-state index in [0.29, 0.717) is 18.4 Å². The fraction of sp³-hybridized carbons (Fsp3) is 0.265. The summed E-state index contributed by atoms with van der Waals surface area (Å²) >= 11 is 0. The maximum Gasteiger partial charge on any atom is 0.305 e. The van der Waals surface area contributed by atoms with Gasteiger partial charge in [0.25, 0.3) is 0 Å². The maximum absolute atomic E-state index is 11.3. The van der Waals surface area contributed by atoms with Crippen LogP contribution < -0.4 is 5.32 Å². The number of nitrogens with one attached hydrogen (secondary N) is 2. The van der Waals surface area contributed by atoms with Gasteiger partial charge >= 0.3 is 5.97 Å². The zero-order valence-corrected chi connectivity index (χ0v) is 24.8. The van der Waals surface area contributed by atoms with E-state index < -0.39 is 0 Å². The molecule has 0 atom stereocenters. The summed E-state index contributed by atoms with van der Waals surface area (Å²) in [6.07, 6.45) is 9.38. The van der Waals surface area contributed by atoms with Crippen LogP contribution in [0.4, 0.5) is 5.69 Å². The van der Waals surface area contributed by atoms with Crippen LogP contribution in [-0.2, 0) is 16.0 Å². The second-order valence-electron chi connectivity index (χ2n) is 8.53.